The van der Waals surface area contributed by atoms with Gasteiger partial charge in [0.1, 0.15) is 19.0 Å². The lowest BCUT2D eigenvalue weighted by Crippen LogP contribution is -2.31. The first-order chi connectivity index (χ1) is 11.3. The molecule has 1 atom stereocenters. The third-order valence-corrected chi connectivity index (χ3v) is 4.36. The van der Waals surface area contributed by atoms with E-state index in [1.54, 1.807) is 0 Å². The monoisotopic (exact) mass is 311 g/mol. The van der Waals surface area contributed by atoms with Crippen molar-refractivity contribution in [3.05, 3.63) is 53.1 Å². The Hall–Kier alpha value is -2.20. The van der Waals surface area contributed by atoms with Crippen LogP contribution in [0.2, 0.25) is 0 Å². The van der Waals surface area contributed by atoms with E-state index < -0.39 is 0 Å². The zero-order chi connectivity index (χ0) is 15.6. The summed E-state index contributed by atoms with van der Waals surface area (Å²) in [5.41, 5.74) is 3.82. The van der Waals surface area contributed by atoms with Gasteiger partial charge in [-0.05, 0) is 54.3 Å². The largest absolute Gasteiger partial charge is 0.494 e. The van der Waals surface area contributed by atoms with Gasteiger partial charge in [-0.3, -0.25) is 0 Å². The van der Waals surface area contributed by atoms with E-state index in [1.165, 1.54) is 16.7 Å². The lowest BCUT2D eigenvalue weighted by Gasteiger charge is -2.30. The minimum Gasteiger partial charge on any atom is -0.494 e. The molecule has 0 aromatic heterocycles. The number of benzene rings is 2. The Morgan fingerprint density at radius 2 is 1.96 bits per heavy atom. The fourth-order valence-corrected chi connectivity index (χ4v) is 3.34. The van der Waals surface area contributed by atoms with E-state index in [0.717, 1.165) is 30.2 Å². The quantitative estimate of drug-likeness (QED) is 0.945. The molecule has 1 unspecified atom stereocenters. The van der Waals surface area contributed by atoms with Gasteiger partial charge in [-0.1, -0.05) is 12.1 Å². The highest BCUT2D eigenvalue weighted by Gasteiger charge is 2.25. The minimum absolute atomic E-state index is 0.162. The highest BCUT2D eigenvalue weighted by Crippen LogP contribution is 2.39. The molecule has 0 spiro atoms. The zero-order valence-corrected chi connectivity index (χ0v) is 13.3. The van der Waals surface area contributed by atoms with Crippen LogP contribution in [0.5, 0.6) is 17.2 Å². The lowest BCUT2D eigenvalue weighted by molar-refractivity contribution is 0.171. The van der Waals surface area contributed by atoms with Crippen molar-refractivity contribution in [1.82, 2.24) is 5.32 Å². The van der Waals surface area contributed by atoms with Gasteiger partial charge in [0, 0.05) is 6.54 Å². The van der Waals surface area contributed by atoms with Crippen molar-refractivity contribution >= 4 is 0 Å². The van der Waals surface area contributed by atoms with Crippen molar-refractivity contribution in [2.24, 2.45) is 0 Å². The summed E-state index contributed by atoms with van der Waals surface area (Å²) >= 11 is 0. The first-order valence-electron chi connectivity index (χ1n) is 8.23. The second-order valence-corrected chi connectivity index (χ2v) is 5.84. The molecule has 2 aromatic rings. The van der Waals surface area contributed by atoms with Crippen LogP contribution in [-0.4, -0.2) is 26.4 Å². The number of fused-ring (bicyclic) bond motifs is 2. The maximum absolute atomic E-state index is 5.76. The molecule has 4 rings (SSSR count). The molecule has 0 fully saturated rings. The van der Waals surface area contributed by atoms with Gasteiger partial charge in [-0.25, -0.2) is 0 Å². The van der Waals surface area contributed by atoms with Gasteiger partial charge >= 0.3 is 0 Å². The molecule has 120 valence electrons. The van der Waals surface area contributed by atoms with Gasteiger partial charge in [-0.15, -0.1) is 0 Å². The minimum atomic E-state index is 0.162. The predicted octanol–water partition coefficient (Wildman–Crippen LogP) is 3.09. The van der Waals surface area contributed by atoms with E-state index in [-0.39, 0.29) is 6.04 Å². The fraction of sp³-hybridized carbons (Fsp3) is 0.368. The molecule has 4 heteroatoms. The van der Waals surface area contributed by atoms with Crippen LogP contribution in [0, 0.1) is 0 Å². The van der Waals surface area contributed by atoms with E-state index in [9.17, 15) is 0 Å². The molecule has 2 aliphatic rings. The van der Waals surface area contributed by atoms with Crippen LogP contribution in [0.3, 0.4) is 0 Å². The van der Waals surface area contributed by atoms with E-state index in [2.05, 4.69) is 29.6 Å². The Morgan fingerprint density at radius 1 is 1.13 bits per heavy atom. The topological polar surface area (TPSA) is 39.7 Å². The van der Waals surface area contributed by atoms with Crippen LogP contribution in [0.15, 0.2) is 36.4 Å². The highest BCUT2D eigenvalue weighted by molar-refractivity contribution is 5.52. The van der Waals surface area contributed by atoms with Gasteiger partial charge in [0.2, 0.25) is 0 Å². The molecule has 2 aromatic carbocycles. The summed E-state index contributed by atoms with van der Waals surface area (Å²) in [6, 6.07) is 12.8. The van der Waals surface area contributed by atoms with Crippen molar-refractivity contribution in [2.75, 3.05) is 26.4 Å². The summed E-state index contributed by atoms with van der Waals surface area (Å²) in [5, 5.41) is 3.62. The smallest absolute Gasteiger partial charge is 0.161 e. The van der Waals surface area contributed by atoms with Crippen LogP contribution < -0.4 is 19.5 Å². The van der Waals surface area contributed by atoms with Crippen molar-refractivity contribution in [3.8, 4) is 17.2 Å². The molecule has 23 heavy (non-hydrogen) atoms. The number of rotatable bonds is 3. The summed E-state index contributed by atoms with van der Waals surface area (Å²) in [6.07, 6.45) is 1.01. The fourth-order valence-electron chi connectivity index (χ4n) is 3.34. The molecule has 2 heterocycles. The Kier molecular flexibility index (Phi) is 3.83. The van der Waals surface area contributed by atoms with Crippen molar-refractivity contribution < 1.29 is 14.2 Å². The van der Waals surface area contributed by atoms with Gasteiger partial charge in [0.05, 0.1) is 12.6 Å². The van der Waals surface area contributed by atoms with E-state index in [0.29, 0.717) is 19.8 Å². The van der Waals surface area contributed by atoms with Crippen LogP contribution in [0.4, 0.5) is 0 Å². The molecule has 1 N–H and O–H groups in total. The van der Waals surface area contributed by atoms with E-state index in [4.69, 9.17) is 14.2 Å². The van der Waals surface area contributed by atoms with Gasteiger partial charge in [0.25, 0.3) is 0 Å². The third kappa shape index (κ3) is 2.75. The molecule has 0 aliphatic carbocycles. The third-order valence-electron chi connectivity index (χ3n) is 4.36. The molecule has 2 aliphatic heterocycles. The predicted molar refractivity (Wildman–Crippen MR) is 88.6 cm³/mol. The summed E-state index contributed by atoms with van der Waals surface area (Å²) in [5.74, 6) is 2.64. The van der Waals surface area contributed by atoms with E-state index >= 15 is 0 Å². The van der Waals surface area contributed by atoms with Crippen LogP contribution in [-0.2, 0) is 6.42 Å². The Labute approximate surface area is 136 Å². The average Bonchev–Trinajstić information content (AvgIpc) is 2.60. The Morgan fingerprint density at radius 3 is 2.78 bits per heavy atom. The molecule has 0 radical (unpaired) electrons. The first kappa shape index (κ1) is 14.4. The lowest BCUT2D eigenvalue weighted by atomic mass is 9.89. The van der Waals surface area contributed by atoms with Gasteiger partial charge in [0.15, 0.2) is 11.5 Å². The maximum atomic E-state index is 5.76. The molecular weight excluding hydrogens is 290 g/mol. The van der Waals surface area contributed by atoms with E-state index in [1.807, 2.05) is 19.1 Å². The summed E-state index contributed by atoms with van der Waals surface area (Å²) < 4.78 is 17.1. The van der Waals surface area contributed by atoms with Crippen LogP contribution in [0.25, 0.3) is 0 Å². The second-order valence-electron chi connectivity index (χ2n) is 5.84. The number of ether oxygens (including phenoxy) is 3. The molecule has 4 nitrogen and oxygen atoms in total. The zero-order valence-electron chi connectivity index (χ0n) is 13.3. The van der Waals surface area contributed by atoms with Crippen LogP contribution >= 0.6 is 0 Å². The van der Waals surface area contributed by atoms with Crippen molar-refractivity contribution in [3.63, 3.8) is 0 Å². The maximum Gasteiger partial charge on any atom is 0.161 e. The molecular formula is C19H21NO3. The SMILES string of the molecule is CCOc1cccc(C2NCCc3cc4c(cc32)OCCO4)c1. The van der Waals surface area contributed by atoms with Gasteiger partial charge in [-0.2, -0.15) is 0 Å². The Balaban J connectivity index is 1.73. The number of nitrogens with one attached hydrogen (secondary N) is 1. The van der Waals surface area contributed by atoms with Crippen LogP contribution in [0.1, 0.15) is 29.7 Å². The molecule has 0 bridgehead atoms. The summed E-state index contributed by atoms with van der Waals surface area (Å²) in [7, 11) is 0. The molecule has 0 amide bonds. The van der Waals surface area contributed by atoms with Gasteiger partial charge < -0.3 is 19.5 Å². The Bertz CT molecular complexity index is 714. The van der Waals surface area contributed by atoms with Crippen molar-refractivity contribution in [1.29, 1.82) is 0 Å². The highest BCUT2D eigenvalue weighted by atomic mass is 16.6. The standard InChI is InChI=1S/C19H21NO3/c1-2-21-15-5-3-4-14(10-15)19-16-12-18-17(22-8-9-23-18)11-13(16)6-7-20-19/h3-5,10-12,19-20H,2,6-9H2,1H3. The van der Waals surface area contributed by atoms with Crippen molar-refractivity contribution in [2.45, 2.75) is 19.4 Å². The second kappa shape index (κ2) is 6.13. The molecule has 0 saturated carbocycles. The molecule has 0 saturated heterocycles. The number of hydrogen-bond acceptors (Lipinski definition) is 4. The summed E-state index contributed by atoms with van der Waals surface area (Å²) in [6.45, 7) is 4.88. The first-order valence-corrected chi connectivity index (χ1v) is 8.23. The average molecular weight is 311 g/mol. The summed E-state index contributed by atoms with van der Waals surface area (Å²) in [4.78, 5) is 0. The number of hydrogen-bond donors (Lipinski definition) is 1. The normalized spacial score (nSPS) is 19.1.